The zero-order chi connectivity index (χ0) is 27.8. The van der Waals surface area contributed by atoms with Crippen molar-refractivity contribution in [3.05, 3.63) is 59.9 Å². The summed E-state index contributed by atoms with van der Waals surface area (Å²) in [6.45, 7) is 6.47. The highest BCUT2D eigenvalue weighted by atomic mass is 19.4. The Morgan fingerprint density at radius 1 is 1.00 bits per heavy atom. The zero-order valence-corrected chi connectivity index (χ0v) is 20.9. The molecule has 0 aliphatic heterocycles. The number of carboxylic acid groups (broad SMARTS) is 1. The highest BCUT2D eigenvalue weighted by Gasteiger charge is 2.34. The van der Waals surface area contributed by atoms with E-state index in [1.54, 1.807) is 18.3 Å². The molecule has 0 spiro atoms. The highest BCUT2D eigenvalue weighted by molar-refractivity contribution is 5.95. The van der Waals surface area contributed by atoms with Crippen LogP contribution in [-0.2, 0) is 15.8 Å². The lowest BCUT2D eigenvalue weighted by Gasteiger charge is -2.19. The molecular formula is C26H24F3N5O4. The summed E-state index contributed by atoms with van der Waals surface area (Å²) in [6.07, 6.45) is -3.16. The molecule has 0 atom stereocenters. The van der Waals surface area contributed by atoms with Crippen LogP contribution >= 0.6 is 0 Å². The summed E-state index contributed by atoms with van der Waals surface area (Å²) in [6, 6.07) is 10.6. The SMILES string of the molecule is Cc1ccc(-c2cn3nc(-c4cc(OCC(=O)O)nc(C(F)(F)F)c4)ccc3n2)cc1NC(=O)C(C)(C)C. The van der Waals surface area contributed by atoms with E-state index in [4.69, 9.17) is 9.84 Å². The lowest BCUT2D eigenvalue weighted by atomic mass is 9.95. The number of nitrogens with one attached hydrogen (secondary N) is 1. The molecule has 3 aromatic heterocycles. The second-order valence-corrected chi connectivity index (χ2v) is 9.64. The Labute approximate surface area is 215 Å². The summed E-state index contributed by atoms with van der Waals surface area (Å²) < 4.78 is 46.6. The van der Waals surface area contributed by atoms with Crippen molar-refractivity contribution in [2.24, 2.45) is 5.41 Å². The number of anilines is 1. The van der Waals surface area contributed by atoms with E-state index < -0.39 is 35.7 Å². The first kappa shape index (κ1) is 26.6. The first-order valence-corrected chi connectivity index (χ1v) is 11.4. The van der Waals surface area contributed by atoms with Gasteiger partial charge in [0, 0.05) is 28.3 Å². The van der Waals surface area contributed by atoms with E-state index in [9.17, 15) is 22.8 Å². The number of carbonyl (C=O) groups is 2. The molecule has 0 bridgehead atoms. The van der Waals surface area contributed by atoms with E-state index in [1.165, 1.54) is 16.6 Å². The molecule has 198 valence electrons. The van der Waals surface area contributed by atoms with Crippen LogP contribution in [0.15, 0.2) is 48.7 Å². The number of carbonyl (C=O) groups excluding carboxylic acids is 1. The van der Waals surface area contributed by atoms with Crippen LogP contribution < -0.4 is 10.1 Å². The minimum atomic E-state index is -4.78. The highest BCUT2D eigenvalue weighted by Crippen LogP contribution is 2.33. The minimum Gasteiger partial charge on any atom is -0.479 e. The van der Waals surface area contributed by atoms with Crippen LogP contribution in [0.5, 0.6) is 5.88 Å². The molecule has 0 fully saturated rings. The second-order valence-electron chi connectivity index (χ2n) is 9.64. The van der Waals surface area contributed by atoms with E-state index in [1.807, 2.05) is 39.8 Å². The molecule has 0 radical (unpaired) electrons. The van der Waals surface area contributed by atoms with Gasteiger partial charge in [0.2, 0.25) is 11.8 Å². The Hall–Kier alpha value is -4.48. The Balaban J connectivity index is 1.71. The molecule has 3 heterocycles. The summed E-state index contributed by atoms with van der Waals surface area (Å²) in [4.78, 5) is 31.2. The number of aromatic nitrogens is 4. The minimum absolute atomic E-state index is 0.0346. The van der Waals surface area contributed by atoms with Crippen molar-refractivity contribution < 1.29 is 32.6 Å². The predicted molar refractivity (Wildman–Crippen MR) is 133 cm³/mol. The maximum absolute atomic E-state index is 13.4. The largest absolute Gasteiger partial charge is 0.479 e. The van der Waals surface area contributed by atoms with Crippen molar-refractivity contribution >= 4 is 23.2 Å². The van der Waals surface area contributed by atoms with Gasteiger partial charge in [-0.1, -0.05) is 32.9 Å². The Morgan fingerprint density at radius 2 is 1.74 bits per heavy atom. The molecule has 0 unspecified atom stereocenters. The molecule has 0 saturated heterocycles. The molecule has 4 rings (SSSR count). The molecule has 12 heteroatoms. The van der Waals surface area contributed by atoms with Crippen LogP contribution in [0.1, 0.15) is 32.0 Å². The number of rotatable bonds is 6. The number of aryl methyl sites for hydroxylation is 1. The molecule has 0 aliphatic rings. The van der Waals surface area contributed by atoms with Crippen LogP contribution in [0.4, 0.5) is 18.9 Å². The van der Waals surface area contributed by atoms with Crippen molar-refractivity contribution in [3.8, 4) is 28.4 Å². The molecule has 0 aliphatic carbocycles. The number of aliphatic carboxylic acids is 1. The van der Waals surface area contributed by atoms with Gasteiger partial charge in [0.05, 0.1) is 17.6 Å². The number of amides is 1. The fraction of sp³-hybridized carbons (Fsp3) is 0.269. The molecule has 38 heavy (non-hydrogen) atoms. The van der Waals surface area contributed by atoms with Crippen molar-refractivity contribution in [3.63, 3.8) is 0 Å². The van der Waals surface area contributed by atoms with E-state index in [0.717, 1.165) is 11.6 Å². The van der Waals surface area contributed by atoms with Gasteiger partial charge in [-0.2, -0.15) is 18.3 Å². The summed E-state index contributed by atoms with van der Waals surface area (Å²) >= 11 is 0. The lowest BCUT2D eigenvalue weighted by Crippen LogP contribution is -2.27. The van der Waals surface area contributed by atoms with Crippen molar-refractivity contribution in [1.29, 1.82) is 0 Å². The molecule has 0 saturated carbocycles. The Morgan fingerprint density at radius 3 is 2.39 bits per heavy atom. The van der Waals surface area contributed by atoms with Crippen molar-refractivity contribution in [2.45, 2.75) is 33.9 Å². The summed E-state index contributed by atoms with van der Waals surface area (Å²) in [7, 11) is 0. The van der Waals surface area contributed by atoms with Gasteiger partial charge in [-0.05, 0) is 36.8 Å². The number of halogens is 3. The number of alkyl halides is 3. The molecule has 9 nitrogen and oxygen atoms in total. The first-order chi connectivity index (χ1) is 17.7. The molecule has 1 aromatic carbocycles. The number of nitrogens with zero attached hydrogens (tertiary/aromatic N) is 4. The summed E-state index contributed by atoms with van der Waals surface area (Å²) in [5.74, 6) is -1.98. The monoisotopic (exact) mass is 527 g/mol. The molecular weight excluding hydrogens is 503 g/mol. The van der Waals surface area contributed by atoms with Crippen LogP contribution in [-0.4, -0.2) is 43.2 Å². The van der Waals surface area contributed by atoms with Crippen LogP contribution in [0.3, 0.4) is 0 Å². The van der Waals surface area contributed by atoms with Crippen LogP contribution in [0.2, 0.25) is 0 Å². The van der Waals surface area contributed by atoms with Gasteiger partial charge in [-0.3, -0.25) is 4.79 Å². The summed E-state index contributed by atoms with van der Waals surface area (Å²) in [5, 5.41) is 16.1. The summed E-state index contributed by atoms with van der Waals surface area (Å²) in [5.41, 5.74) is 1.57. The quantitative estimate of drug-likeness (QED) is 0.352. The standard InChI is InChI=1S/C26H24F3N5O4/c1-14-5-6-15(9-18(14)31-24(37)25(2,3)4)19-12-34-21(30-19)8-7-17(33-34)16-10-20(26(27,28)29)32-22(11-16)38-13-23(35)36/h5-12H,13H2,1-4H3,(H,31,37)(H,35,36). The average molecular weight is 528 g/mol. The topological polar surface area (TPSA) is 119 Å². The third-order valence-electron chi connectivity index (χ3n) is 5.51. The average Bonchev–Trinajstić information content (AvgIpc) is 3.26. The predicted octanol–water partition coefficient (Wildman–Crippen LogP) is 5.23. The van der Waals surface area contributed by atoms with Gasteiger partial charge < -0.3 is 15.2 Å². The number of hydrogen-bond acceptors (Lipinski definition) is 6. The van der Waals surface area contributed by atoms with Gasteiger partial charge in [-0.25, -0.2) is 19.3 Å². The first-order valence-electron chi connectivity index (χ1n) is 11.4. The number of pyridine rings is 1. The number of hydrogen-bond donors (Lipinski definition) is 2. The van der Waals surface area contributed by atoms with Gasteiger partial charge in [-0.15, -0.1) is 0 Å². The van der Waals surface area contributed by atoms with Gasteiger partial charge in [0.25, 0.3) is 0 Å². The zero-order valence-electron chi connectivity index (χ0n) is 20.9. The number of carboxylic acids is 1. The van der Waals surface area contributed by atoms with Crippen molar-refractivity contribution in [2.75, 3.05) is 11.9 Å². The molecule has 2 N–H and O–H groups in total. The third-order valence-corrected chi connectivity index (χ3v) is 5.51. The fourth-order valence-corrected chi connectivity index (χ4v) is 3.41. The number of imidazole rings is 1. The number of benzene rings is 1. The molecule has 4 aromatic rings. The van der Waals surface area contributed by atoms with Crippen LogP contribution in [0, 0.1) is 12.3 Å². The lowest BCUT2D eigenvalue weighted by molar-refractivity contribution is -0.141. The maximum atomic E-state index is 13.4. The number of ether oxygens (including phenoxy) is 1. The van der Waals surface area contributed by atoms with E-state index >= 15 is 0 Å². The van der Waals surface area contributed by atoms with Gasteiger partial charge in [0.1, 0.15) is 5.69 Å². The van der Waals surface area contributed by atoms with Gasteiger partial charge in [0.15, 0.2) is 12.3 Å². The van der Waals surface area contributed by atoms with Crippen molar-refractivity contribution in [1.82, 2.24) is 19.6 Å². The normalized spacial score (nSPS) is 12.0. The smallest absolute Gasteiger partial charge is 0.433 e. The number of fused-ring (bicyclic) bond motifs is 1. The fourth-order valence-electron chi connectivity index (χ4n) is 3.41. The molecule has 1 amide bonds. The second kappa shape index (κ2) is 9.77. The van der Waals surface area contributed by atoms with E-state index in [0.29, 0.717) is 22.6 Å². The Bertz CT molecular complexity index is 1540. The maximum Gasteiger partial charge on any atom is 0.433 e. The van der Waals surface area contributed by atoms with E-state index in [2.05, 4.69) is 20.4 Å². The third kappa shape index (κ3) is 5.90. The van der Waals surface area contributed by atoms with Crippen LogP contribution in [0.25, 0.3) is 28.2 Å². The Kier molecular flexibility index (Phi) is 6.83. The van der Waals surface area contributed by atoms with E-state index in [-0.39, 0.29) is 17.2 Å². The van der Waals surface area contributed by atoms with Gasteiger partial charge >= 0.3 is 12.1 Å².